The normalized spacial score (nSPS) is 17.3. The number of methoxy groups -OCH3 is 1. The van der Waals surface area contributed by atoms with Gasteiger partial charge in [0.1, 0.15) is 19.0 Å². The molecule has 298 valence electrons. The van der Waals surface area contributed by atoms with Crippen LogP contribution in [0.3, 0.4) is 0 Å². The number of benzene rings is 5. The van der Waals surface area contributed by atoms with Gasteiger partial charge in [-0.15, -0.1) is 0 Å². The summed E-state index contributed by atoms with van der Waals surface area (Å²) in [5.74, 6) is 1.39. The minimum atomic E-state index is -0.276. The molecule has 0 bridgehead atoms. The van der Waals surface area contributed by atoms with E-state index in [1.54, 1.807) is 19.2 Å². The van der Waals surface area contributed by atoms with Crippen LogP contribution in [0.2, 0.25) is 0 Å². The predicted octanol–water partition coefficient (Wildman–Crippen LogP) is 7.63. The maximum Gasteiger partial charge on any atom is 0.258 e. The summed E-state index contributed by atoms with van der Waals surface area (Å²) >= 11 is 0. The summed E-state index contributed by atoms with van der Waals surface area (Å²) in [6, 6.07) is 25.4. The summed E-state index contributed by atoms with van der Waals surface area (Å²) in [6.45, 7) is 10.7. The number of aliphatic hydroxyl groups is 1. The molecule has 2 amide bonds. The standard InChI is InChI=1S/C47H46N4O6.2Y/c1-27-28(2)33(25-56-43-20-41-37(18-32(43)24-52)46(53)50-35(22-48(41)4)16-30-11-7-9-13-39(30)50)15-34(29(27)3)26-57-45-21-42-38(19-44(45)55-6)47(54)51-36(23-49(42)5)17-31-12-8-10-14-40(31)51;;/h7-15,18-23,35-36,52H,16-17,24-26H2,1-6H3;;/q-2;;/t35-,36-;;/m0../s1. The zero-order chi connectivity index (χ0) is 39.7. The Bertz CT molecular complexity index is 2310. The van der Waals surface area contributed by atoms with Gasteiger partial charge < -0.3 is 38.9 Å². The number of hydrogen-bond donors (Lipinski definition) is 1. The third-order valence-corrected chi connectivity index (χ3v) is 12.3. The van der Waals surface area contributed by atoms with E-state index in [1.807, 2.05) is 82.2 Å². The molecule has 0 unspecified atom stereocenters. The van der Waals surface area contributed by atoms with E-state index >= 15 is 0 Å². The van der Waals surface area contributed by atoms with E-state index in [4.69, 9.17) is 14.2 Å². The van der Waals surface area contributed by atoms with Gasteiger partial charge in [-0.05, 0) is 117 Å². The van der Waals surface area contributed by atoms with E-state index in [0.29, 0.717) is 33.9 Å². The molecule has 4 aliphatic heterocycles. The summed E-state index contributed by atoms with van der Waals surface area (Å²) in [5, 5.41) is 10.5. The number of hydrogen-bond acceptors (Lipinski definition) is 8. The second-order valence-electron chi connectivity index (χ2n) is 15.5. The Morgan fingerprint density at radius 1 is 0.610 bits per heavy atom. The molecule has 0 saturated carbocycles. The van der Waals surface area contributed by atoms with Crippen LogP contribution in [0.25, 0.3) is 0 Å². The molecule has 5 aromatic carbocycles. The molecule has 0 aliphatic carbocycles. The number of amides is 2. The summed E-state index contributed by atoms with van der Waals surface area (Å²) in [7, 11) is 5.51. The number of likely N-dealkylation sites (N-methyl/N-ethyl adjacent to an activating group) is 2. The van der Waals surface area contributed by atoms with Crippen LogP contribution in [-0.2, 0) is 98.1 Å². The molecule has 4 aliphatic rings. The number of carbonyl (C=O) groups is 2. The molecule has 1 N–H and O–H groups in total. The average molecular weight is 941 g/mol. The van der Waals surface area contributed by atoms with Crippen molar-refractivity contribution in [2.24, 2.45) is 0 Å². The largest absolute Gasteiger partial charge is 0.522 e. The number of nitrogens with zero attached hydrogens (tertiary/aromatic N) is 4. The SMILES string of the molecule is COc1cc2c(cc1OCc1cc(COc3cc4c(cc3CO)C(=O)N3c5ccccc5C[C@H]3[CH-]N4C)c(C)c(C)c1C)N(C)[CH-][C@@H]1Cc3ccccc3N1C2=O.[Y].[Y]. The topological polar surface area (TPSA) is 95.0 Å². The van der Waals surface area contributed by atoms with Gasteiger partial charge in [0.15, 0.2) is 11.5 Å². The van der Waals surface area contributed by atoms with E-state index in [2.05, 4.69) is 52.1 Å². The molecule has 2 atom stereocenters. The van der Waals surface area contributed by atoms with Crippen molar-refractivity contribution in [1.29, 1.82) is 0 Å². The van der Waals surface area contributed by atoms with Gasteiger partial charge >= 0.3 is 0 Å². The Morgan fingerprint density at radius 3 is 1.59 bits per heavy atom. The molecule has 10 nitrogen and oxygen atoms in total. The van der Waals surface area contributed by atoms with Crippen molar-refractivity contribution in [2.45, 2.75) is 65.5 Å². The van der Waals surface area contributed by atoms with Crippen molar-refractivity contribution in [2.75, 3.05) is 40.8 Å². The van der Waals surface area contributed by atoms with Crippen molar-refractivity contribution in [1.82, 2.24) is 0 Å². The third-order valence-electron chi connectivity index (χ3n) is 12.3. The Morgan fingerprint density at radius 2 is 1.08 bits per heavy atom. The van der Waals surface area contributed by atoms with Gasteiger partial charge in [0.05, 0.1) is 24.8 Å². The van der Waals surface area contributed by atoms with Crippen LogP contribution < -0.4 is 33.8 Å². The van der Waals surface area contributed by atoms with Crippen molar-refractivity contribution in [3.8, 4) is 17.2 Å². The average Bonchev–Trinajstić information content (AvgIpc) is 3.72. The van der Waals surface area contributed by atoms with E-state index < -0.39 is 0 Å². The minimum absolute atomic E-state index is 0. The van der Waals surface area contributed by atoms with Gasteiger partial charge in [-0.3, -0.25) is 9.59 Å². The van der Waals surface area contributed by atoms with E-state index in [0.717, 1.165) is 74.5 Å². The monoisotopic (exact) mass is 940 g/mol. The fraction of sp³-hybridized carbons (Fsp3) is 0.277. The van der Waals surface area contributed by atoms with Gasteiger partial charge in [-0.2, -0.15) is 0 Å². The van der Waals surface area contributed by atoms with Crippen molar-refractivity contribution in [3.63, 3.8) is 0 Å². The van der Waals surface area contributed by atoms with Gasteiger partial charge in [0.25, 0.3) is 11.8 Å². The van der Waals surface area contributed by atoms with Crippen LogP contribution in [0.1, 0.15) is 65.2 Å². The molecule has 9 rings (SSSR count). The third kappa shape index (κ3) is 7.52. The number of fused-ring (bicyclic) bond motifs is 8. The van der Waals surface area contributed by atoms with E-state index in [-0.39, 0.29) is 109 Å². The summed E-state index contributed by atoms with van der Waals surface area (Å²) in [4.78, 5) is 35.9. The van der Waals surface area contributed by atoms with Crippen LogP contribution in [0, 0.1) is 33.9 Å². The number of carbonyl (C=O) groups excluding carboxylic acids is 2. The molecule has 0 saturated heterocycles. The predicted molar refractivity (Wildman–Crippen MR) is 222 cm³/mol. The maximum atomic E-state index is 14.1. The first-order chi connectivity index (χ1) is 27.6. The minimum Gasteiger partial charge on any atom is -0.522 e. The smallest absolute Gasteiger partial charge is 0.258 e. The van der Waals surface area contributed by atoms with Gasteiger partial charge in [0, 0.05) is 106 Å². The number of anilines is 4. The Kier molecular flexibility index (Phi) is 12.7. The van der Waals surface area contributed by atoms with Crippen LogP contribution in [0.15, 0.2) is 78.9 Å². The number of para-hydroxylation sites is 2. The van der Waals surface area contributed by atoms with Crippen LogP contribution in [0.4, 0.5) is 22.7 Å². The Labute approximate surface area is 396 Å². The second-order valence-corrected chi connectivity index (χ2v) is 15.5. The molecule has 0 spiro atoms. The first kappa shape index (κ1) is 43.3. The van der Waals surface area contributed by atoms with Crippen LogP contribution in [0.5, 0.6) is 17.2 Å². The Hall–Kier alpha value is -3.79. The molecule has 4 heterocycles. The zero-order valence-corrected chi connectivity index (χ0v) is 40.0. The molecule has 2 radical (unpaired) electrons. The van der Waals surface area contributed by atoms with Crippen molar-refractivity contribution in [3.05, 3.63) is 148 Å². The molecule has 0 aromatic heterocycles. The van der Waals surface area contributed by atoms with Crippen LogP contribution in [-0.4, -0.2) is 50.2 Å². The molecule has 5 aromatic rings. The molecule has 59 heavy (non-hydrogen) atoms. The van der Waals surface area contributed by atoms with E-state index in [9.17, 15) is 14.7 Å². The number of ether oxygens (including phenoxy) is 3. The zero-order valence-electron chi connectivity index (χ0n) is 34.3. The summed E-state index contributed by atoms with van der Waals surface area (Å²) < 4.78 is 18.8. The quantitative estimate of drug-likeness (QED) is 0.159. The number of aliphatic hydroxyl groups excluding tert-OH is 1. The fourth-order valence-corrected chi connectivity index (χ4v) is 8.94. The Balaban J connectivity index is 0.00000264. The van der Waals surface area contributed by atoms with Gasteiger partial charge in [0.2, 0.25) is 0 Å². The first-order valence-corrected chi connectivity index (χ1v) is 19.4. The maximum absolute atomic E-state index is 14.1. The first-order valence-electron chi connectivity index (χ1n) is 19.4. The van der Waals surface area contributed by atoms with Crippen molar-refractivity contribution >= 4 is 34.6 Å². The molecular formula is C47H46N4O6Y2-2. The van der Waals surface area contributed by atoms with Gasteiger partial charge in [-0.1, -0.05) is 48.5 Å². The molecular weight excluding hydrogens is 894 g/mol. The summed E-state index contributed by atoms with van der Waals surface area (Å²) in [5.41, 5.74) is 12.6. The molecule has 0 fully saturated rings. The second kappa shape index (κ2) is 17.3. The number of rotatable bonds is 8. The fourth-order valence-electron chi connectivity index (χ4n) is 8.94. The molecule has 12 heteroatoms. The van der Waals surface area contributed by atoms with Gasteiger partial charge in [-0.25, -0.2) is 13.1 Å². The van der Waals surface area contributed by atoms with Crippen LogP contribution >= 0.6 is 0 Å². The summed E-state index contributed by atoms with van der Waals surface area (Å²) in [6.07, 6.45) is 1.51. The van der Waals surface area contributed by atoms with Crippen molar-refractivity contribution < 1.29 is 94.3 Å². The van der Waals surface area contributed by atoms with E-state index in [1.165, 1.54) is 0 Å².